The normalized spacial score (nSPS) is 21.2. The van der Waals surface area contributed by atoms with Gasteiger partial charge in [-0.05, 0) is 43.0 Å². The van der Waals surface area contributed by atoms with Gasteiger partial charge in [0, 0.05) is 48.9 Å². The first-order valence-electron chi connectivity index (χ1n) is 12.8. The van der Waals surface area contributed by atoms with Gasteiger partial charge in [0.1, 0.15) is 0 Å². The van der Waals surface area contributed by atoms with Crippen molar-refractivity contribution in [1.82, 2.24) is 0 Å². The topological polar surface area (TPSA) is 124 Å². The molecule has 2 aromatic rings. The van der Waals surface area contributed by atoms with Crippen LogP contribution in [0.2, 0.25) is 0 Å². The Hall–Kier alpha value is -3.56. The minimum Gasteiger partial charge on any atom is -0.396 e. The molecule has 2 N–H and O–H groups in total. The summed E-state index contributed by atoms with van der Waals surface area (Å²) < 4.78 is 0. The van der Waals surface area contributed by atoms with Crippen molar-refractivity contribution in [3.8, 4) is 0 Å². The molecule has 37 heavy (non-hydrogen) atoms. The maximum Gasteiger partial charge on any atom is 0.269 e. The molecule has 0 radical (unpaired) electrons. The molecule has 0 aromatic heterocycles. The molecular weight excluding hydrogens is 474 g/mol. The number of hydrogen-bond donors (Lipinski definition) is 2. The number of non-ortho nitro benzene ring substituents is 1. The van der Waals surface area contributed by atoms with E-state index in [1.165, 1.54) is 23.1 Å². The molecule has 2 aromatic carbocycles. The smallest absolute Gasteiger partial charge is 0.269 e. The molecule has 0 spiro atoms. The van der Waals surface area contributed by atoms with Crippen LogP contribution in [0.25, 0.3) is 0 Å². The lowest BCUT2D eigenvalue weighted by Gasteiger charge is -2.28. The average Bonchev–Trinajstić information content (AvgIpc) is 3.09. The Morgan fingerprint density at radius 2 is 1.84 bits per heavy atom. The van der Waals surface area contributed by atoms with Gasteiger partial charge >= 0.3 is 0 Å². The van der Waals surface area contributed by atoms with Crippen LogP contribution < -0.4 is 9.80 Å². The van der Waals surface area contributed by atoms with Crippen LogP contribution in [0.1, 0.15) is 56.6 Å². The Morgan fingerprint density at radius 1 is 1.11 bits per heavy atom. The van der Waals surface area contributed by atoms with Crippen LogP contribution >= 0.6 is 0 Å². The number of carbonyl (C=O) groups excluding carboxylic acids is 2. The Balaban J connectivity index is 1.63. The van der Waals surface area contributed by atoms with Gasteiger partial charge in [0.2, 0.25) is 5.91 Å². The van der Waals surface area contributed by atoms with E-state index in [0.717, 1.165) is 36.9 Å². The van der Waals surface area contributed by atoms with Gasteiger partial charge in [-0.25, -0.2) is 0 Å². The molecule has 196 valence electrons. The van der Waals surface area contributed by atoms with Crippen molar-refractivity contribution in [3.05, 3.63) is 75.9 Å². The molecule has 2 aliphatic rings. The molecule has 0 aliphatic carbocycles. The summed E-state index contributed by atoms with van der Waals surface area (Å²) in [5, 5.41) is 32.2. The van der Waals surface area contributed by atoms with Crippen LogP contribution in [0.4, 0.5) is 17.1 Å². The highest BCUT2D eigenvalue weighted by Crippen LogP contribution is 2.47. The van der Waals surface area contributed by atoms with E-state index in [0.29, 0.717) is 25.1 Å². The first kappa shape index (κ1) is 26.5. The summed E-state index contributed by atoms with van der Waals surface area (Å²) >= 11 is 0. The molecule has 1 fully saturated rings. The Labute approximate surface area is 216 Å². The van der Waals surface area contributed by atoms with Crippen molar-refractivity contribution in [2.24, 2.45) is 5.92 Å². The molecule has 0 saturated carbocycles. The lowest BCUT2D eigenvalue weighted by atomic mass is 9.82. The average molecular weight is 508 g/mol. The second kappa shape index (κ2) is 11.2. The Kier molecular flexibility index (Phi) is 8.04. The number of nitrogens with zero attached hydrogens (tertiary/aromatic N) is 3. The van der Waals surface area contributed by atoms with E-state index in [1.54, 1.807) is 19.1 Å². The van der Waals surface area contributed by atoms with Crippen molar-refractivity contribution in [1.29, 1.82) is 0 Å². The van der Waals surface area contributed by atoms with Crippen molar-refractivity contribution in [2.45, 2.75) is 57.6 Å². The number of nitro groups is 1. The third kappa shape index (κ3) is 5.28. The van der Waals surface area contributed by atoms with Crippen molar-refractivity contribution < 1.29 is 24.7 Å². The minimum absolute atomic E-state index is 0.0667. The Morgan fingerprint density at radius 3 is 2.54 bits per heavy atom. The number of benzene rings is 2. The summed E-state index contributed by atoms with van der Waals surface area (Å²) in [6, 6.07) is 11.6. The molecule has 0 bridgehead atoms. The van der Waals surface area contributed by atoms with E-state index >= 15 is 0 Å². The van der Waals surface area contributed by atoms with E-state index in [-0.39, 0.29) is 30.3 Å². The van der Waals surface area contributed by atoms with Crippen LogP contribution in [0.15, 0.2) is 54.6 Å². The number of nitro benzene ring substituents is 1. The zero-order valence-corrected chi connectivity index (χ0v) is 21.0. The summed E-state index contributed by atoms with van der Waals surface area (Å²) in [5.41, 5.74) is 0.0385. The first-order valence-corrected chi connectivity index (χ1v) is 12.8. The highest BCUT2D eigenvalue weighted by atomic mass is 16.6. The molecule has 9 heteroatoms. The number of aliphatic hydroxyl groups excluding tert-OH is 1. The third-order valence-corrected chi connectivity index (χ3v) is 7.26. The lowest BCUT2D eigenvalue weighted by molar-refractivity contribution is -0.385. The van der Waals surface area contributed by atoms with Crippen molar-refractivity contribution in [3.63, 3.8) is 0 Å². The number of fused-ring (bicyclic) bond motifs is 1. The van der Waals surface area contributed by atoms with Crippen LogP contribution in [-0.2, 0) is 21.7 Å². The maximum atomic E-state index is 13.6. The standard InChI is InChI=1S/C28H33N3O6/c1-20(8-5-7-17-32)28(35)24-18-23(31(36)37)14-15-25(24)30(27(28)34)19-21-10-12-22(13-11-21)29-16-6-3-2-4-9-26(29)33/h5,8,10-15,18,20,32,35H,2-4,6-7,9,16-17,19H2,1H3/b8-5+/t20-,28+/m0/s1. The van der Waals surface area contributed by atoms with Crippen molar-refractivity contribution >= 4 is 28.9 Å². The van der Waals surface area contributed by atoms with E-state index in [2.05, 4.69) is 0 Å². The monoisotopic (exact) mass is 507 g/mol. The van der Waals surface area contributed by atoms with Crippen LogP contribution in [0.3, 0.4) is 0 Å². The van der Waals surface area contributed by atoms with Gasteiger partial charge in [-0.2, -0.15) is 0 Å². The SMILES string of the molecule is C[C@@H](/C=C/CCO)[C@]1(O)C(=O)N(Cc2ccc(N3CCCCCCC3=O)cc2)c2ccc([N+](=O)[O-])cc21. The number of hydrogen-bond acceptors (Lipinski definition) is 6. The number of anilines is 2. The fourth-order valence-electron chi connectivity index (χ4n) is 5.12. The van der Waals surface area contributed by atoms with E-state index in [9.17, 15) is 24.8 Å². The van der Waals surface area contributed by atoms with E-state index in [1.807, 2.05) is 29.2 Å². The quantitative estimate of drug-likeness (QED) is 0.313. The first-order chi connectivity index (χ1) is 17.8. The number of carbonyl (C=O) groups is 2. The predicted molar refractivity (Wildman–Crippen MR) is 140 cm³/mol. The molecule has 2 aliphatic heterocycles. The molecule has 0 unspecified atom stereocenters. The molecular formula is C28H33N3O6. The number of aliphatic hydroxyl groups is 2. The summed E-state index contributed by atoms with van der Waals surface area (Å²) in [7, 11) is 0. The molecule has 9 nitrogen and oxygen atoms in total. The van der Waals surface area contributed by atoms with Gasteiger partial charge in [0.05, 0.1) is 17.2 Å². The molecule has 1 saturated heterocycles. The largest absolute Gasteiger partial charge is 0.396 e. The van der Waals surface area contributed by atoms with E-state index in [4.69, 9.17) is 5.11 Å². The third-order valence-electron chi connectivity index (χ3n) is 7.26. The number of rotatable bonds is 8. The van der Waals surface area contributed by atoms with Gasteiger partial charge in [-0.1, -0.05) is 44.1 Å². The maximum absolute atomic E-state index is 13.6. The van der Waals surface area contributed by atoms with Crippen molar-refractivity contribution in [2.75, 3.05) is 23.0 Å². The van der Waals surface area contributed by atoms with E-state index < -0.39 is 22.3 Å². The highest BCUT2D eigenvalue weighted by molar-refractivity contribution is 6.07. The van der Waals surface area contributed by atoms with Gasteiger partial charge in [0.15, 0.2) is 5.60 Å². The molecule has 2 atom stereocenters. The van der Waals surface area contributed by atoms with Crippen LogP contribution in [0, 0.1) is 16.0 Å². The second-order valence-corrected chi connectivity index (χ2v) is 9.72. The van der Waals surface area contributed by atoms with Gasteiger partial charge in [0.25, 0.3) is 11.6 Å². The zero-order chi connectivity index (χ0) is 26.6. The van der Waals surface area contributed by atoms with Crippen LogP contribution in [-0.4, -0.2) is 40.1 Å². The summed E-state index contributed by atoms with van der Waals surface area (Å²) in [5.74, 6) is -1.13. The molecule has 2 amide bonds. The Bertz CT molecular complexity index is 1190. The zero-order valence-electron chi connectivity index (χ0n) is 21.0. The molecule has 2 heterocycles. The fraction of sp³-hybridized carbons (Fsp3) is 0.429. The molecule has 4 rings (SSSR count). The second-order valence-electron chi connectivity index (χ2n) is 9.72. The van der Waals surface area contributed by atoms with Gasteiger partial charge in [-0.3, -0.25) is 19.7 Å². The van der Waals surface area contributed by atoms with Gasteiger partial charge < -0.3 is 20.0 Å². The summed E-state index contributed by atoms with van der Waals surface area (Å²) in [6.07, 6.45) is 8.28. The minimum atomic E-state index is -1.98. The summed E-state index contributed by atoms with van der Waals surface area (Å²) in [6.45, 7) is 2.45. The van der Waals surface area contributed by atoms with Crippen LogP contribution in [0.5, 0.6) is 0 Å². The fourth-order valence-corrected chi connectivity index (χ4v) is 5.12. The van der Waals surface area contributed by atoms with Gasteiger partial charge in [-0.15, -0.1) is 0 Å². The summed E-state index contributed by atoms with van der Waals surface area (Å²) in [4.78, 5) is 40.4. The lowest BCUT2D eigenvalue weighted by Crippen LogP contribution is -2.44. The predicted octanol–water partition coefficient (Wildman–Crippen LogP) is 4.20. The highest BCUT2D eigenvalue weighted by Gasteiger charge is 2.53. The number of amides is 2.